The van der Waals surface area contributed by atoms with Crippen LogP contribution in [-0.2, 0) is 0 Å². The number of aromatic nitrogens is 4. The van der Waals surface area contributed by atoms with Crippen LogP contribution < -0.4 is 10.6 Å². The topological polar surface area (TPSA) is 97.9 Å². The van der Waals surface area contributed by atoms with Gasteiger partial charge in [-0.05, 0) is 60.3 Å². The van der Waals surface area contributed by atoms with Crippen LogP contribution in [0.4, 0.5) is 0 Å². The van der Waals surface area contributed by atoms with E-state index in [1.54, 1.807) is 6.20 Å². The van der Waals surface area contributed by atoms with Gasteiger partial charge < -0.3 is 15.2 Å². The predicted octanol–water partition coefficient (Wildman–Crippen LogP) is 2.86. The molecule has 0 radical (unpaired) electrons. The molecule has 8 heteroatoms. The Kier molecular flexibility index (Phi) is 5.94. The second kappa shape index (κ2) is 8.21. The van der Waals surface area contributed by atoms with E-state index in [1.165, 1.54) is 0 Å². The molecule has 1 saturated carbocycles. The summed E-state index contributed by atoms with van der Waals surface area (Å²) in [7, 11) is 0. The van der Waals surface area contributed by atoms with Crippen LogP contribution in [-0.4, -0.2) is 37.9 Å². The highest BCUT2D eigenvalue weighted by Gasteiger charge is 2.27. The number of nitrogens with zero attached hydrogens (tertiary/aromatic N) is 4. The van der Waals surface area contributed by atoms with E-state index in [-0.39, 0.29) is 24.0 Å². The normalized spacial score (nSPS) is 21.4. The van der Waals surface area contributed by atoms with Gasteiger partial charge in [0.15, 0.2) is 5.82 Å². The smallest absolute Gasteiger partial charge is 0.254 e. The maximum Gasteiger partial charge on any atom is 0.254 e. The van der Waals surface area contributed by atoms with Gasteiger partial charge in [0.25, 0.3) is 5.91 Å². The Hall–Kier alpha value is -2.22. The lowest BCUT2D eigenvalue weighted by Gasteiger charge is -2.31. The number of amides is 1. The Balaban J connectivity index is 1.57. The molecule has 0 saturated heterocycles. The molecule has 2 heterocycles. The van der Waals surface area contributed by atoms with Crippen LogP contribution in [0.2, 0.25) is 0 Å². The molecule has 3 atom stereocenters. The fourth-order valence-corrected chi connectivity index (χ4v) is 3.82. The summed E-state index contributed by atoms with van der Waals surface area (Å²) in [6.07, 6.45) is 5.70. The molecule has 0 aliphatic heterocycles. The van der Waals surface area contributed by atoms with E-state index in [1.807, 2.05) is 25.5 Å². The highest BCUT2D eigenvalue weighted by molar-refractivity contribution is 5.95. The molecule has 8 nitrogen and oxygen atoms in total. The lowest BCUT2D eigenvalue weighted by molar-refractivity contribution is 0.0921. The second-order valence-corrected chi connectivity index (χ2v) is 7.78. The first-order valence-electron chi connectivity index (χ1n) is 9.76. The number of hydrogen-bond donors (Lipinski definition) is 2. The number of carbonyl (C=O) groups is 1. The van der Waals surface area contributed by atoms with E-state index in [0.29, 0.717) is 23.3 Å². The van der Waals surface area contributed by atoms with Crippen LogP contribution in [0.15, 0.2) is 10.7 Å². The fraction of sp³-hybridized carbons (Fsp3) is 0.684. The van der Waals surface area contributed by atoms with Crippen molar-refractivity contribution in [2.75, 3.05) is 0 Å². The van der Waals surface area contributed by atoms with Gasteiger partial charge in [-0.3, -0.25) is 9.48 Å². The van der Waals surface area contributed by atoms with Crippen LogP contribution >= 0.6 is 0 Å². The van der Waals surface area contributed by atoms with Crippen molar-refractivity contribution in [3.05, 3.63) is 29.2 Å². The first-order chi connectivity index (χ1) is 12.8. The van der Waals surface area contributed by atoms with Crippen molar-refractivity contribution in [1.82, 2.24) is 30.6 Å². The molecule has 2 aromatic heterocycles. The van der Waals surface area contributed by atoms with Crippen molar-refractivity contribution in [2.45, 2.75) is 84.5 Å². The SMILES string of the molecule is Cc1noc([C@H](C)N[C@@H]2CCC[C@H](NC(=O)c3cnn(C(C)C)c3C)C2)n1. The van der Waals surface area contributed by atoms with E-state index < -0.39 is 0 Å². The van der Waals surface area contributed by atoms with Gasteiger partial charge in [0, 0.05) is 23.8 Å². The van der Waals surface area contributed by atoms with Crippen molar-refractivity contribution >= 4 is 5.91 Å². The number of aryl methyl sites for hydroxylation is 1. The molecule has 0 aromatic carbocycles. The molecule has 1 aliphatic carbocycles. The third-order valence-electron chi connectivity index (χ3n) is 5.19. The molecule has 1 amide bonds. The summed E-state index contributed by atoms with van der Waals surface area (Å²) in [5.41, 5.74) is 1.57. The van der Waals surface area contributed by atoms with Crippen LogP contribution in [0.1, 0.15) is 86.3 Å². The molecule has 2 N–H and O–H groups in total. The van der Waals surface area contributed by atoms with Crippen LogP contribution in [0.25, 0.3) is 0 Å². The highest BCUT2D eigenvalue weighted by atomic mass is 16.5. The first-order valence-corrected chi connectivity index (χ1v) is 9.76. The van der Waals surface area contributed by atoms with E-state index in [9.17, 15) is 4.79 Å². The molecule has 3 rings (SSSR count). The van der Waals surface area contributed by atoms with Gasteiger partial charge >= 0.3 is 0 Å². The number of hydrogen-bond acceptors (Lipinski definition) is 6. The average Bonchev–Trinajstić information content (AvgIpc) is 3.21. The zero-order valence-corrected chi connectivity index (χ0v) is 16.8. The lowest BCUT2D eigenvalue weighted by atomic mass is 9.90. The third kappa shape index (κ3) is 4.55. The highest BCUT2D eigenvalue weighted by Crippen LogP contribution is 2.22. The monoisotopic (exact) mass is 374 g/mol. The Bertz CT molecular complexity index is 781. The van der Waals surface area contributed by atoms with Crippen LogP contribution in [0, 0.1) is 13.8 Å². The number of nitrogens with one attached hydrogen (secondary N) is 2. The molecule has 2 aromatic rings. The Morgan fingerprint density at radius 1 is 1.26 bits per heavy atom. The summed E-state index contributed by atoms with van der Waals surface area (Å²) in [5.74, 6) is 1.21. The second-order valence-electron chi connectivity index (χ2n) is 7.78. The first kappa shape index (κ1) is 19.5. The van der Waals surface area contributed by atoms with E-state index in [4.69, 9.17) is 4.52 Å². The molecule has 0 spiro atoms. The molecular formula is C19H30N6O2. The van der Waals surface area contributed by atoms with Gasteiger partial charge in [-0.2, -0.15) is 10.1 Å². The van der Waals surface area contributed by atoms with Crippen LogP contribution in [0.5, 0.6) is 0 Å². The summed E-state index contributed by atoms with van der Waals surface area (Å²) in [5, 5.41) is 14.9. The number of carbonyl (C=O) groups excluding carboxylic acids is 1. The van der Waals surface area contributed by atoms with E-state index in [0.717, 1.165) is 31.4 Å². The Morgan fingerprint density at radius 3 is 2.63 bits per heavy atom. The van der Waals surface area contributed by atoms with E-state index >= 15 is 0 Å². The molecule has 27 heavy (non-hydrogen) atoms. The van der Waals surface area contributed by atoms with Gasteiger partial charge in [-0.15, -0.1) is 0 Å². The average molecular weight is 374 g/mol. The van der Waals surface area contributed by atoms with Gasteiger partial charge in [0.05, 0.1) is 17.8 Å². The summed E-state index contributed by atoms with van der Waals surface area (Å²) in [6, 6.07) is 0.703. The predicted molar refractivity (Wildman–Crippen MR) is 101 cm³/mol. The van der Waals surface area contributed by atoms with Crippen molar-refractivity contribution < 1.29 is 9.32 Å². The quantitative estimate of drug-likeness (QED) is 0.807. The van der Waals surface area contributed by atoms with Gasteiger partial charge in [0.2, 0.25) is 5.89 Å². The van der Waals surface area contributed by atoms with Crippen LogP contribution in [0.3, 0.4) is 0 Å². The zero-order valence-electron chi connectivity index (χ0n) is 16.8. The molecule has 1 aliphatic rings. The maximum atomic E-state index is 12.7. The van der Waals surface area contributed by atoms with Crippen molar-refractivity contribution in [2.24, 2.45) is 0 Å². The lowest BCUT2D eigenvalue weighted by Crippen LogP contribution is -2.44. The van der Waals surface area contributed by atoms with Crippen molar-refractivity contribution in [3.8, 4) is 0 Å². The summed E-state index contributed by atoms with van der Waals surface area (Å²) in [6.45, 7) is 9.91. The zero-order chi connectivity index (χ0) is 19.6. The van der Waals surface area contributed by atoms with Crippen molar-refractivity contribution in [1.29, 1.82) is 0 Å². The maximum absolute atomic E-state index is 12.7. The molecule has 0 bridgehead atoms. The van der Waals surface area contributed by atoms with Gasteiger partial charge in [0.1, 0.15) is 0 Å². The standard InChI is InChI=1S/C19H30N6O2/c1-11(2)25-13(4)17(10-20-25)18(26)23-16-8-6-7-15(9-16)21-12(3)19-22-14(5)24-27-19/h10-12,15-16,21H,6-9H2,1-5H3,(H,23,26)/t12-,15+,16-/m0/s1. The molecule has 1 fully saturated rings. The molecule has 0 unspecified atom stereocenters. The summed E-state index contributed by atoms with van der Waals surface area (Å²) < 4.78 is 7.13. The summed E-state index contributed by atoms with van der Waals surface area (Å²) in [4.78, 5) is 17.0. The fourth-order valence-electron chi connectivity index (χ4n) is 3.82. The van der Waals surface area contributed by atoms with Gasteiger partial charge in [-0.1, -0.05) is 5.16 Å². The Morgan fingerprint density at radius 2 is 2.00 bits per heavy atom. The van der Waals surface area contributed by atoms with E-state index in [2.05, 4.69) is 39.7 Å². The van der Waals surface area contributed by atoms with Gasteiger partial charge in [-0.25, -0.2) is 0 Å². The molecular weight excluding hydrogens is 344 g/mol. The summed E-state index contributed by atoms with van der Waals surface area (Å²) >= 11 is 0. The minimum Gasteiger partial charge on any atom is -0.349 e. The third-order valence-corrected chi connectivity index (χ3v) is 5.19. The van der Waals surface area contributed by atoms with Crippen molar-refractivity contribution in [3.63, 3.8) is 0 Å². The minimum absolute atomic E-state index is 0.00262. The molecule has 148 valence electrons. The number of rotatable bonds is 6. The largest absolute Gasteiger partial charge is 0.349 e. The minimum atomic E-state index is -0.0365. The Labute approximate surface area is 160 Å².